The van der Waals surface area contributed by atoms with E-state index in [1.165, 1.54) is 0 Å². The maximum absolute atomic E-state index is 10.5. The fourth-order valence-electron chi connectivity index (χ4n) is 1.09. The van der Waals surface area contributed by atoms with Crippen LogP contribution < -0.4 is 20.8 Å². The first-order valence-corrected chi connectivity index (χ1v) is 6.39. The standard InChI is InChI=1S/C9H18N2O4S2.O.Tc/c12-8(13)6(4-16)10-2-1-3-11-7(5-17)9(14)15;;/h6-7,10-11,16-17H,1-5H2,(H,12,13)(H,14,15);;/q;-2;+4/p-2. The summed E-state index contributed by atoms with van der Waals surface area (Å²) < 4.78 is 0. The number of aliphatic carboxylic acids is 2. The Morgan fingerprint density at radius 3 is 1.47 bits per heavy atom. The van der Waals surface area contributed by atoms with Crippen LogP contribution in [-0.4, -0.2) is 48.6 Å². The summed E-state index contributed by atoms with van der Waals surface area (Å²) in [5, 5.41) is 26.5. The molecule has 2 N–H and O–H groups in total. The van der Waals surface area contributed by atoms with Crippen molar-refractivity contribution in [3.8, 4) is 0 Å². The average Bonchev–Trinajstić information content (AvgIpc) is 2.27. The number of carboxylic acid groups (broad SMARTS) is 2. The van der Waals surface area contributed by atoms with Gasteiger partial charge in [-0.3, -0.25) is 0 Å². The van der Waals surface area contributed by atoms with Crippen LogP contribution in [0.3, 0.4) is 0 Å². The van der Waals surface area contributed by atoms with Crippen molar-refractivity contribution < 1.29 is 45.4 Å². The van der Waals surface area contributed by atoms with Crippen LogP contribution in [0.4, 0.5) is 0 Å². The number of carbonyl (C=O) groups excluding carboxylic acids is 2. The Morgan fingerprint density at radius 2 is 1.26 bits per heavy atom. The summed E-state index contributed by atoms with van der Waals surface area (Å²) in [6, 6.07) is -1.58. The smallest absolute Gasteiger partial charge is 2.00 e. The first-order chi connectivity index (χ1) is 8.02. The van der Waals surface area contributed by atoms with Crippen molar-refractivity contribution in [3.05, 3.63) is 0 Å². The van der Waals surface area contributed by atoms with Gasteiger partial charge in [-0.15, -0.1) is 0 Å². The van der Waals surface area contributed by atoms with Gasteiger partial charge in [0.25, 0.3) is 0 Å². The van der Waals surface area contributed by atoms with Crippen LogP contribution in [0.5, 0.6) is 0 Å². The molecule has 0 aromatic rings. The second-order valence-corrected chi connectivity index (χ2v) is 4.10. The number of thiol groups is 2. The molecule has 7 nitrogen and oxygen atoms in total. The molecule has 0 bridgehead atoms. The molecule has 0 saturated carbocycles. The van der Waals surface area contributed by atoms with Crippen LogP contribution in [0.2, 0.25) is 0 Å². The van der Waals surface area contributed by atoms with Gasteiger partial charge in [0.2, 0.25) is 0 Å². The molecule has 111 valence electrons. The normalized spacial score (nSPS) is 12.7. The largest absolute Gasteiger partial charge is 4.00 e. The van der Waals surface area contributed by atoms with E-state index in [2.05, 4.69) is 35.9 Å². The van der Waals surface area contributed by atoms with E-state index in [4.69, 9.17) is 0 Å². The van der Waals surface area contributed by atoms with Crippen molar-refractivity contribution in [2.24, 2.45) is 0 Å². The minimum atomic E-state index is -1.20. The van der Waals surface area contributed by atoms with Crippen molar-refractivity contribution in [1.82, 2.24) is 10.6 Å². The number of carboxylic acids is 2. The van der Waals surface area contributed by atoms with E-state index in [0.29, 0.717) is 19.5 Å². The number of hydrogen-bond acceptors (Lipinski definition) is 8. The molecule has 2 atom stereocenters. The third kappa shape index (κ3) is 11.7. The van der Waals surface area contributed by atoms with Gasteiger partial charge in [0.15, 0.2) is 0 Å². The number of rotatable bonds is 10. The Hall–Kier alpha value is 0.169. The van der Waals surface area contributed by atoms with E-state index in [0.717, 1.165) is 0 Å². The van der Waals surface area contributed by atoms with Crippen molar-refractivity contribution >= 4 is 37.2 Å². The maximum Gasteiger partial charge on any atom is 4.00 e. The van der Waals surface area contributed by atoms with E-state index in [1.54, 1.807) is 0 Å². The summed E-state index contributed by atoms with van der Waals surface area (Å²) in [4.78, 5) is 21.0. The first kappa shape index (κ1) is 24.2. The molecular weight excluding hydrogens is 378 g/mol. The van der Waals surface area contributed by atoms with Crippen LogP contribution in [0, 0.1) is 0 Å². The molecule has 0 amide bonds. The Kier molecular flexibility index (Phi) is 18.6. The minimum Gasteiger partial charge on any atom is -2.00 e. The molecule has 2 unspecified atom stereocenters. The van der Waals surface area contributed by atoms with Crippen molar-refractivity contribution in [2.75, 3.05) is 24.6 Å². The molecular formula is C9H16N2O5S2Tc. The van der Waals surface area contributed by atoms with Gasteiger partial charge < -0.3 is 35.9 Å². The molecule has 0 spiro atoms. The molecule has 0 aromatic carbocycles. The molecule has 10 heteroatoms. The van der Waals surface area contributed by atoms with E-state index in [9.17, 15) is 19.8 Å². The first-order valence-electron chi connectivity index (χ1n) is 5.13. The Balaban J connectivity index is -0.00000128. The zero-order valence-corrected chi connectivity index (χ0v) is 13.7. The zero-order chi connectivity index (χ0) is 13.3. The number of nitrogens with one attached hydrogen (secondary N) is 2. The Morgan fingerprint density at radius 1 is 0.947 bits per heavy atom. The monoisotopic (exact) mass is 393 g/mol. The summed E-state index contributed by atoms with van der Waals surface area (Å²) in [7, 11) is 0. The molecule has 0 aliphatic heterocycles. The second-order valence-electron chi connectivity index (χ2n) is 3.37. The number of hydrogen-bond donors (Lipinski definition) is 4. The molecule has 0 heterocycles. The van der Waals surface area contributed by atoms with E-state index < -0.39 is 24.0 Å². The summed E-state index contributed by atoms with van der Waals surface area (Å²) in [5.41, 5.74) is 0. The van der Waals surface area contributed by atoms with E-state index >= 15 is 0 Å². The summed E-state index contributed by atoms with van der Waals surface area (Å²) in [5.74, 6) is -2.10. The fourth-order valence-corrected chi connectivity index (χ4v) is 1.64. The van der Waals surface area contributed by atoms with Crippen molar-refractivity contribution in [1.29, 1.82) is 0 Å². The third-order valence-corrected chi connectivity index (χ3v) is 2.80. The Labute approximate surface area is 136 Å². The quantitative estimate of drug-likeness (QED) is 0.225. The Bertz CT molecular complexity index is 237. The van der Waals surface area contributed by atoms with Gasteiger partial charge in [-0.2, -0.15) is 25.3 Å². The summed E-state index contributed by atoms with van der Waals surface area (Å²) in [6.07, 6.45) is 0.578. The number of carbonyl (C=O) groups is 2. The SMILES string of the molecule is O=C([O-])C(CS)NCCCNC(CS)C(=O)[O-].[O-2].[Tc+4]. The van der Waals surface area contributed by atoms with Crippen LogP contribution in [0.1, 0.15) is 6.42 Å². The summed E-state index contributed by atoms with van der Waals surface area (Å²) in [6.45, 7) is 0.858. The van der Waals surface area contributed by atoms with Gasteiger partial charge in [-0.05, 0) is 19.5 Å². The molecule has 19 heavy (non-hydrogen) atoms. The topological polar surface area (TPSA) is 133 Å². The second kappa shape index (κ2) is 14.6. The van der Waals surface area contributed by atoms with E-state index in [-0.39, 0.29) is 37.1 Å². The van der Waals surface area contributed by atoms with Gasteiger partial charge >= 0.3 is 20.1 Å². The fraction of sp³-hybridized carbons (Fsp3) is 0.778. The summed E-state index contributed by atoms with van der Waals surface area (Å²) >= 11 is 7.72. The minimum absolute atomic E-state index is 0. The van der Waals surface area contributed by atoms with Gasteiger partial charge in [-0.25, -0.2) is 0 Å². The molecule has 0 aromatic heterocycles. The predicted octanol–water partition coefficient (Wildman–Crippen LogP) is -3.47. The van der Waals surface area contributed by atoms with Gasteiger partial charge in [-0.1, -0.05) is 0 Å². The maximum atomic E-state index is 10.5. The van der Waals surface area contributed by atoms with Crippen LogP contribution in [0.15, 0.2) is 0 Å². The van der Waals surface area contributed by atoms with E-state index in [1.807, 2.05) is 0 Å². The predicted molar refractivity (Wildman–Crippen MR) is 66.6 cm³/mol. The molecule has 0 fully saturated rings. The molecule has 0 aliphatic carbocycles. The van der Waals surface area contributed by atoms with Gasteiger partial charge in [0.05, 0.1) is 24.0 Å². The molecule has 0 aliphatic rings. The molecule has 0 rings (SSSR count). The zero-order valence-electron chi connectivity index (χ0n) is 10.0. The van der Waals surface area contributed by atoms with Gasteiger partial charge in [0.1, 0.15) is 0 Å². The van der Waals surface area contributed by atoms with Gasteiger partial charge in [0, 0.05) is 11.5 Å². The van der Waals surface area contributed by atoms with Crippen molar-refractivity contribution in [2.45, 2.75) is 18.5 Å². The van der Waals surface area contributed by atoms with Crippen molar-refractivity contribution in [3.63, 3.8) is 0 Å². The molecule has 1 radical (unpaired) electrons. The van der Waals surface area contributed by atoms with Crippen LogP contribution >= 0.6 is 25.3 Å². The average molecular weight is 394 g/mol. The third-order valence-electron chi connectivity index (χ3n) is 2.07. The van der Waals surface area contributed by atoms with Crippen LogP contribution in [0.25, 0.3) is 0 Å². The molecule has 0 saturated heterocycles. The van der Waals surface area contributed by atoms with Crippen LogP contribution in [-0.2, 0) is 35.2 Å².